The normalized spacial score (nSPS) is 14.8. The van der Waals surface area contributed by atoms with Gasteiger partial charge in [-0.3, -0.25) is 9.59 Å². The van der Waals surface area contributed by atoms with Gasteiger partial charge >= 0.3 is 0 Å². The first-order chi connectivity index (χ1) is 14.8. The molecule has 31 heavy (non-hydrogen) atoms. The van der Waals surface area contributed by atoms with Crippen molar-refractivity contribution in [3.8, 4) is 5.75 Å². The van der Waals surface area contributed by atoms with Crippen molar-refractivity contribution in [2.75, 3.05) is 6.61 Å². The van der Waals surface area contributed by atoms with Gasteiger partial charge in [-0.2, -0.15) is 0 Å². The molecule has 1 saturated carbocycles. The Labute approximate surface area is 193 Å². The molecule has 1 atom stereocenters. The van der Waals surface area contributed by atoms with E-state index in [9.17, 15) is 9.59 Å². The minimum absolute atomic E-state index is 0.142. The first-order valence-corrected chi connectivity index (χ1v) is 11.3. The third-order valence-corrected chi connectivity index (χ3v) is 6.12. The van der Waals surface area contributed by atoms with Gasteiger partial charge < -0.3 is 15.0 Å². The van der Waals surface area contributed by atoms with Crippen molar-refractivity contribution in [2.24, 2.45) is 0 Å². The van der Waals surface area contributed by atoms with Gasteiger partial charge in [-0.15, -0.1) is 0 Å². The molecule has 0 unspecified atom stereocenters. The van der Waals surface area contributed by atoms with E-state index in [2.05, 4.69) is 5.32 Å². The smallest absolute Gasteiger partial charge is 0.261 e. The average molecular weight is 463 g/mol. The Bertz CT molecular complexity index is 912. The predicted octanol–water partition coefficient (Wildman–Crippen LogP) is 5.16. The molecule has 0 saturated heterocycles. The number of carbonyl (C=O) groups excluding carboxylic acids is 2. The van der Waals surface area contributed by atoms with Crippen LogP contribution in [0, 0.1) is 6.92 Å². The summed E-state index contributed by atoms with van der Waals surface area (Å²) >= 11 is 12.1. The third-order valence-electron chi connectivity index (χ3n) is 5.59. The van der Waals surface area contributed by atoms with E-state index < -0.39 is 6.04 Å². The Morgan fingerprint density at radius 1 is 1.13 bits per heavy atom. The van der Waals surface area contributed by atoms with Crippen molar-refractivity contribution in [1.82, 2.24) is 10.2 Å². The first-order valence-electron chi connectivity index (χ1n) is 10.6. The van der Waals surface area contributed by atoms with E-state index in [-0.39, 0.29) is 24.5 Å². The summed E-state index contributed by atoms with van der Waals surface area (Å²) in [6.45, 7) is 3.85. The van der Waals surface area contributed by atoms with E-state index >= 15 is 0 Å². The minimum atomic E-state index is -0.626. The summed E-state index contributed by atoms with van der Waals surface area (Å²) < 4.78 is 5.64. The summed E-state index contributed by atoms with van der Waals surface area (Å²) in [6, 6.07) is 12.3. The van der Waals surface area contributed by atoms with Crippen LogP contribution in [0.3, 0.4) is 0 Å². The van der Waals surface area contributed by atoms with E-state index in [0.717, 1.165) is 36.8 Å². The van der Waals surface area contributed by atoms with Crippen LogP contribution in [0.25, 0.3) is 0 Å². The van der Waals surface area contributed by atoms with E-state index in [1.54, 1.807) is 30.0 Å². The van der Waals surface area contributed by atoms with E-state index in [4.69, 9.17) is 27.9 Å². The lowest BCUT2D eigenvalue weighted by Gasteiger charge is -2.29. The molecule has 1 fully saturated rings. The summed E-state index contributed by atoms with van der Waals surface area (Å²) in [5.74, 6) is -0.0599. The quantitative estimate of drug-likeness (QED) is 0.589. The van der Waals surface area contributed by atoms with Gasteiger partial charge in [0.1, 0.15) is 11.8 Å². The molecule has 0 aromatic heterocycles. The fraction of sp³-hybridized carbons (Fsp3) is 0.417. The van der Waals surface area contributed by atoms with Crippen LogP contribution in [0.4, 0.5) is 0 Å². The monoisotopic (exact) mass is 462 g/mol. The highest BCUT2D eigenvalue weighted by atomic mass is 35.5. The maximum Gasteiger partial charge on any atom is 0.261 e. The van der Waals surface area contributed by atoms with Crippen molar-refractivity contribution in [2.45, 2.75) is 58.2 Å². The highest BCUT2D eigenvalue weighted by molar-refractivity contribution is 6.35. The summed E-state index contributed by atoms with van der Waals surface area (Å²) in [5, 5.41) is 3.91. The molecule has 0 radical (unpaired) electrons. The molecule has 2 aromatic rings. The Balaban J connectivity index is 1.72. The van der Waals surface area contributed by atoms with Crippen LogP contribution in [0.2, 0.25) is 10.0 Å². The van der Waals surface area contributed by atoms with Crippen LogP contribution >= 0.6 is 23.2 Å². The van der Waals surface area contributed by atoms with Crippen molar-refractivity contribution in [1.29, 1.82) is 0 Å². The largest absolute Gasteiger partial charge is 0.482 e. The lowest BCUT2D eigenvalue weighted by atomic mass is 10.1. The molecule has 1 aliphatic carbocycles. The number of carbonyl (C=O) groups is 2. The highest BCUT2D eigenvalue weighted by Crippen LogP contribution is 2.27. The molecular formula is C24H28Cl2N2O3. The van der Waals surface area contributed by atoms with E-state index in [1.807, 2.05) is 31.2 Å². The number of halogens is 2. The minimum Gasteiger partial charge on any atom is -0.482 e. The fourth-order valence-electron chi connectivity index (χ4n) is 3.68. The Morgan fingerprint density at radius 2 is 1.81 bits per heavy atom. The maximum atomic E-state index is 13.1. The maximum absolute atomic E-state index is 13.1. The molecule has 0 spiro atoms. The van der Waals surface area contributed by atoms with Crippen LogP contribution in [0.5, 0.6) is 5.75 Å². The summed E-state index contributed by atoms with van der Waals surface area (Å²) in [6.07, 6.45) is 4.23. The number of nitrogens with one attached hydrogen (secondary N) is 1. The van der Waals surface area contributed by atoms with Crippen LogP contribution in [0.1, 0.15) is 43.7 Å². The number of aryl methyl sites for hydroxylation is 1. The zero-order valence-corrected chi connectivity index (χ0v) is 19.4. The second kappa shape index (κ2) is 10.9. The fourth-order valence-corrected chi connectivity index (χ4v) is 4.14. The number of ether oxygens (including phenoxy) is 1. The van der Waals surface area contributed by atoms with Crippen LogP contribution in [-0.4, -0.2) is 35.4 Å². The topological polar surface area (TPSA) is 58.6 Å². The van der Waals surface area contributed by atoms with Crippen molar-refractivity contribution < 1.29 is 14.3 Å². The van der Waals surface area contributed by atoms with Gasteiger partial charge in [0.25, 0.3) is 5.91 Å². The Morgan fingerprint density at radius 3 is 2.45 bits per heavy atom. The predicted molar refractivity (Wildman–Crippen MR) is 124 cm³/mol. The number of hydrogen-bond donors (Lipinski definition) is 1. The van der Waals surface area contributed by atoms with Crippen molar-refractivity contribution in [3.63, 3.8) is 0 Å². The molecule has 1 N–H and O–H groups in total. The van der Waals surface area contributed by atoms with Gasteiger partial charge in [-0.1, -0.05) is 65.9 Å². The SMILES string of the molecule is Cc1ccc(CN(C(=O)COc2ccc(Cl)cc2Cl)[C@@H](C)C(=O)NC2CCCC2)cc1. The third kappa shape index (κ3) is 6.62. The molecule has 0 aliphatic heterocycles. The molecule has 1 aliphatic rings. The molecule has 166 valence electrons. The van der Waals surface area contributed by atoms with Crippen LogP contribution in [0.15, 0.2) is 42.5 Å². The molecule has 0 heterocycles. The second-order valence-corrected chi connectivity index (χ2v) is 8.88. The van der Waals surface area contributed by atoms with Gasteiger partial charge in [0.15, 0.2) is 6.61 Å². The zero-order valence-electron chi connectivity index (χ0n) is 17.9. The number of rotatable bonds is 8. The average Bonchev–Trinajstić information content (AvgIpc) is 3.25. The standard InChI is InChI=1S/C24H28Cl2N2O3/c1-16-7-9-18(10-8-16)14-28(17(2)24(30)27-20-5-3-4-6-20)23(29)15-31-22-12-11-19(25)13-21(22)26/h7-13,17,20H,3-6,14-15H2,1-2H3,(H,27,30)/t17-/m0/s1. The molecule has 7 heteroatoms. The van der Waals surface area contributed by atoms with Crippen molar-refractivity contribution >= 4 is 35.0 Å². The van der Waals surface area contributed by atoms with Gasteiger partial charge in [0.05, 0.1) is 5.02 Å². The highest BCUT2D eigenvalue weighted by Gasteiger charge is 2.28. The zero-order chi connectivity index (χ0) is 22.4. The lowest BCUT2D eigenvalue weighted by molar-refractivity contribution is -0.142. The molecule has 2 amide bonds. The molecule has 3 rings (SSSR count). The molecular weight excluding hydrogens is 435 g/mol. The molecule has 2 aromatic carbocycles. The van der Waals surface area contributed by atoms with Gasteiger partial charge in [-0.25, -0.2) is 0 Å². The van der Waals surface area contributed by atoms with Crippen molar-refractivity contribution in [3.05, 3.63) is 63.6 Å². The van der Waals surface area contributed by atoms with Gasteiger partial charge in [0, 0.05) is 17.6 Å². The second-order valence-electron chi connectivity index (χ2n) is 8.04. The van der Waals surface area contributed by atoms with Crippen LogP contribution < -0.4 is 10.1 Å². The van der Waals surface area contributed by atoms with E-state index in [1.165, 1.54) is 0 Å². The molecule has 5 nitrogen and oxygen atoms in total. The lowest BCUT2D eigenvalue weighted by Crippen LogP contribution is -2.50. The van der Waals surface area contributed by atoms with Gasteiger partial charge in [-0.05, 0) is 50.5 Å². The van der Waals surface area contributed by atoms with Crippen LogP contribution in [-0.2, 0) is 16.1 Å². The Kier molecular flexibility index (Phi) is 8.22. The van der Waals surface area contributed by atoms with E-state index in [0.29, 0.717) is 22.3 Å². The summed E-state index contributed by atoms with van der Waals surface area (Å²) in [7, 11) is 0. The summed E-state index contributed by atoms with van der Waals surface area (Å²) in [4.78, 5) is 27.5. The number of hydrogen-bond acceptors (Lipinski definition) is 3. The number of nitrogens with zero attached hydrogens (tertiary/aromatic N) is 1. The summed E-state index contributed by atoms with van der Waals surface area (Å²) in [5.41, 5.74) is 2.08. The number of amides is 2. The first kappa shape index (κ1) is 23.4. The Hall–Kier alpha value is -2.24. The molecule has 0 bridgehead atoms. The van der Waals surface area contributed by atoms with Gasteiger partial charge in [0.2, 0.25) is 5.91 Å². The number of benzene rings is 2.